The first-order valence-electron chi connectivity index (χ1n) is 7.99. The highest BCUT2D eigenvalue weighted by atomic mass is 32.2. The molecule has 3 aliphatic heterocycles. The molecule has 0 unspecified atom stereocenters. The van der Waals surface area contributed by atoms with Crippen LogP contribution in [0, 0.1) is 5.92 Å². The monoisotopic (exact) mass is 367 g/mol. The summed E-state index contributed by atoms with van der Waals surface area (Å²) in [5, 5.41) is 5.17. The molecule has 9 heteroatoms. The number of ether oxygens (including phenoxy) is 1. The summed E-state index contributed by atoms with van der Waals surface area (Å²) in [6.07, 6.45) is 1.61. The summed E-state index contributed by atoms with van der Waals surface area (Å²) in [5.41, 5.74) is 0.130. The van der Waals surface area contributed by atoms with Gasteiger partial charge in [-0.05, 0) is 31.0 Å². The minimum absolute atomic E-state index is 0.0254. The zero-order valence-corrected chi connectivity index (χ0v) is 15.0. The van der Waals surface area contributed by atoms with Gasteiger partial charge in [0.1, 0.15) is 5.75 Å². The van der Waals surface area contributed by atoms with E-state index in [9.17, 15) is 18.0 Å². The average molecular weight is 367 g/mol. The molecule has 0 saturated carbocycles. The maximum absolute atomic E-state index is 13.0. The SMILES string of the molecule is COc1ccc(S(N)(=O)=O)cc1C(=O)N1C[C@@H]2CC[C@H](C1)N(C)C2=O. The van der Waals surface area contributed by atoms with Gasteiger partial charge in [-0.15, -0.1) is 0 Å². The van der Waals surface area contributed by atoms with Crippen LogP contribution in [0.15, 0.2) is 23.1 Å². The van der Waals surface area contributed by atoms with Crippen LogP contribution in [0.2, 0.25) is 0 Å². The largest absolute Gasteiger partial charge is 0.496 e. The molecule has 2 atom stereocenters. The van der Waals surface area contributed by atoms with Crippen LogP contribution < -0.4 is 9.88 Å². The average Bonchev–Trinajstić information content (AvgIpc) is 2.86. The number of carbonyl (C=O) groups excluding carboxylic acids is 2. The van der Waals surface area contributed by atoms with Crippen molar-refractivity contribution in [1.82, 2.24) is 9.80 Å². The third-order valence-electron chi connectivity index (χ3n) is 4.98. The van der Waals surface area contributed by atoms with Gasteiger partial charge < -0.3 is 14.5 Å². The van der Waals surface area contributed by atoms with Crippen molar-refractivity contribution in [3.63, 3.8) is 0 Å². The zero-order chi connectivity index (χ0) is 18.4. The first kappa shape index (κ1) is 17.7. The topological polar surface area (TPSA) is 110 Å². The quantitative estimate of drug-likeness (QED) is 0.811. The van der Waals surface area contributed by atoms with Gasteiger partial charge in [0.15, 0.2) is 0 Å². The van der Waals surface area contributed by atoms with Crippen LogP contribution in [0.4, 0.5) is 0 Å². The van der Waals surface area contributed by atoms with Crippen molar-refractivity contribution < 1.29 is 22.7 Å². The summed E-state index contributed by atoms with van der Waals surface area (Å²) < 4.78 is 28.4. The van der Waals surface area contributed by atoms with Crippen LogP contribution in [0.5, 0.6) is 5.75 Å². The number of nitrogens with zero attached hydrogens (tertiary/aromatic N) is 2. The van der Waals surface area contributed by atoms with Crippen molar-refractivity contribution >= 4 is 21.8 Å². The molecule has 0 aliphatic carbocycles. The Hall–Kier alpha value is -2.13. The van der Waals surface area contributed by atoms with Crippen molar-refractivity contribution in [2.24, 2.45) is 11.1 Å². The number of rotatable bonds is 3. The molecule has 4 rings (SSSR count). The van der Waals surface area contributed by atoms with E-state index in [1.54, 1.807) is 16.8 Å². The number of hydrogen-bond donors (Lipinski definition) is 1. The second kappa shape index (κ2) is 6.30. The Labute approximate surface area is 146 Å². The van der Waals surface area contributed by atoms with Gasteiger partial charge in [0.2, 0.25) is 15.9 Å². The fourth-order valence-corrected chi connectivity index (χ4v) is 4.06. The van der Waals surface area contributed by atoms with Crippen molar-refractivity contribution in [3.8, 4) is 5.75 Å². The van der Waals surface area contributed by atoms with E-state index in [1.807, 2.05) is 0 Å². The molecular weight excluding hydrogens is 346 g/mol. The molecule has 3 aliphatic rings. The lowest BCUT2D eigenvalue weighted by atomic mass is 9.95. The summed E-state index contributed by atoms with van der Waals surface area (Å²) in [5.74, 6) is -0.257. The predicted molar refractivity (Wildman–Crippen MR) is 89.6 cm³/mol. The third kappa shape index (κ3) is 3.21. The number of fused-ring (bicyclic) bond motifs is 4. The van der Waals surface area contributed by atoms with E-state index in [1.165, 1.54) is 25.3 Å². The third-order valence-corrected chi connectivity index (χ3v) is 5.89. The minimum atomic E-state index is -3.94. The Bertz CT molecular complexity index is 823. The highest BCUT2D eigenvalue weighted by Gasteiger charge is 2.40. The maximum atomic E-state index is 13.0. The number of piperidine rings is 1. The Morgan fingerprint density at radius 1 is 1.28 bits per heavy atom. The van der Waals surface area contributed by atoms with Crippen LogP contribution in [-0.4, -0.2) is 63.3 Å². The van der Waals surface area contributed by atoms with Crippen LogP contribution in [0.1, 0.15) is 23.2 Å². The van der Waals surface area contributed by atoms with Gasteiger partial charge in [0.05, 0.1) is 23.5 Å². The van der Waals surface area contributed by atoms with Gasteiger partial charge in [-0.1, -0.05) is 0 Å². The molecule has 3 fully saturated rings. The molecule has 3 heterocycles. The molecule has 2 bridgehead atoms. The van der Waals surface area contributed by atoms with Crippen LogP contribution in [-0.2, 0) is 14.8 Å². The normalized spacial score (nSPS) is 23.6. The van der Waals surface area contributed by atoms with Gasteiger partial charge in [-0.25, -0.2) is 13.6 Å². The predicted octanol–water partition coefficient (Wildman–Crippen LogP) is 0.0354. The van der Waals surface area contributed by atoms with Gasteiger partial charge >= 0.3 is 0 Å². The molecule has 2 N–H and O–H groups in total. The number of primary sulfonamides is 1. The molecule has 8 nitrogen and oxygen atoms in total. The van der Waals surface area contributed by atoms with E-state index in [2.05, 4.69) is 0 Å². The van der Waals surface area contributed by atoms with E-state index in [0.29, 0.717) is 13.1 Å². The van der Waals surface area contributed by atoms with E-state index in [-0.39, 0.29) is 40.0 Å². The highest BCUT2D eigenvalue weighted by molar-refractivity contribution is 7.89. The summed E-state index contributed by atoms with van der Waals surface area (Å²) in [4.78, 5) is 28.5. The molecule has 0 aromatic heterocycles. The Morgan fingerprint density at radius 3 is 2.64 bits per heavy atom. The number of methoxy groups -OCH3 is 1. The van der Waals surface area contributed by atoms with Crippen LogP contribution >= 0.6 is 0 Å². The number of hydrogen-bond acceptors (Lipinski definition) is 5. The number of amides is 2. The molecule has 136 valence electrons. The van der Waals surface area contributed by atoms with Crippen molar-refractivity contribution in [3.05, 3.63) is 23.8 Å². The van der Waals surface area contributed by atoms with E-state index >= 15 is 0 Å². The Balaban J connectivity index is 1.97. The second-order valence-corrected chi connectivity index (χ2v) is 8.06. The zero-order valence-electron chi connectivity index (χ0n) is 14.1. The van der Waals surface area contributed by atoms with Crippen molar-refractivity contribution in [2.75, 3.05) is 27.2 Å². The molecule has 0 spiro atoms. The molecule has 2 amide bonds. The van der Waals surface area contributed by atoms with Gasteiger partial charge in [-0.3, -0.25) is 9.59 Å². The lowest BCUT2D eigenvalue weighted by Crippen LogP contribution is -2.45. The molecule has 3 saturated heterocycles. The van der Waals surface area contributed by atoms with Crippen molar-refractivity contribution in [1.29, 1.82) is 0 Å². The minimum Gasteiger partial charge on any atom is -0.496 e. The highest BCUT2D eigenvalue weighted by Crippen LogP contribution is 2.30. The van der Waals surface area contributed by atoms with E-state index in [0.717, 1.165) is 12.8 Å². The Kier molecular flexibility index (Phi) is 4.46. The van der Waals surface area contributed by atoms with Crippen LogP contribution in [0.3, 0.4) is 0 Å². The lowest BCUT2D eigenvalue weighted by molar-refractivity contribution is -0.138. The Morgan fingerprint density at radius 2 is 2.00 bits per heavy atom. The fourth-order valence-electron chi connectivity index (χ4n) is 3.52. The summed E-state index contributed by atoms with van der Waals surface area (Å²) >= 11 is 0. The van der Waals surface area contributed by atoms with Gasteiger partial charge in [0.25, 0.3) is 5.91 Å². The number of benzene rings is 1. The van der Waals surface area contributed by atoms with Crippen LogP contribution in [0.25, 0.3) is 0 Å². The molecule has 0 radical (unpaired) electrons. The van der Waals surface area contributed by atoms with Gasteiger partial charge in [0, 0.05) is 26.2 Å². The molecule has 1 aromatic carbocycles. The molecule has 25 heavy (non-hydrogen) atoms. The first-order valence-corrected chi connectivity index (χ1v) is 9.53. The van der Waals surface area contributed by atoms with E-state index in [4.69, 9.17) is 9.88 Å². The summed E-state index contributed by atoms with van der Waals surface area (Å²) in [6.45, 7) is 0.738. The van der Waals surface area contributed by atoms with Crippen molar-refractivity contribution in [2.45, 2.75) is 23.8 Å². The number of nitrogens with two attached hydrogens (primary N) is 1. The lowest BCUT2D eigenvalue weighted by Gasteiger charge is -2.32. The number of sulfonamides is 1. The molecular formula is C16H21N3O5S. The maximum Gasteiger partial charge on any atom is 0.257 e. The first-order chi connectivity index (χ1) is 11.7. The van der Waals surface area contributed by atoms with E-state index < -0.39 is 10.0 Å². The smallest absolute Gasteiger partial charge is 0.257 e. The number of carbonyl (C=O) groups is 2. The number of likely N-dealkylation sites (N-methyl/N-ethyl adjacent to an activating group) is 1. The molecule has 1 aromatic rings. The summed E-state index contributed by atoms with van der Waals surface area (Å²) in [6, 6.07) is 3.92. The summed E-state index contributed by atoms with van der Waals surface area (Å²) in [7, 11) is -0.769. The second-order valence-electron chi connectivity index (χ2n) is 6.49. The van der Waals surface area contributed by atoms with Gasteiger partial charge in [-0.2, -0.15) is 0 Å². The fraction of sp³-hybridized carbons (Fsp3) is 0.500. The standard InChI is InChI=1S/C16H21N3O5S/c1-18-11-4-3-10(15(18)20)8-19(9-11)16(21)13-7-12(25(17,22)23)5-6-14(13)24-2/h5-7,10-11H,3-4,8-9H2,1-2H3,(H2,17,22,23)/t10-,11+/m0/s1.